The molecule has 192 valence electrons. The number of likely N-dealkylation sites (tertiary alicyclic amines) is 1. The fourth-order valence-corrected chi connectivity index (χ4v) is 4.07. The van der Waals surface area contributed by atoms with Crippen LogP contribution in [0.4, 0.5) is 26.3 Å². The van der Waals surface area contributed by atoms with Gasteiger partial charge in [-0.15, -0.1) is 0 Å². The van der Waals surface area contributed by atoms with Gasteiger partial charge in [0.15, 0.2) is 0 Å². The van der Waals surface area contributed by atoms with Gasteiger partial charge in [0, 0.05) is 19.6 Å². The number of nitrogens with zero attached hydrogens (tertiary/aromatic N) is 1. The van der Waals surface area contributed by atoms with Crippen molar-refractivity contribution in [3.63, 3.8) is 0 Å². The van der Waals surface area contributed by atoms with Crippen molar-refractivity contribution in [3.05, 3.63) is 70.8 Å². The Bertz CT molecular complexity index is 937. The molecule has 35 heavy (non-hydrogen) atoms. The van der Waals surface area contributed by atoms with Crippen LogP contribution in [-0.2, 0) is 23.7 Å². The highest BCUT2D eigenvalue weighted by Crippen LogP contribution is 2.36. The van der Waals surface area contributed by atoms with Crippen LogP contribution >= 0.6 is 0 Å². The Labute approximate surface area is 200 Å². The number of amides is 1. The number of carbonyl (C=O) groups excluding carboxylic acids is 1. The molecule has 0 aromatic heterocycles. The molecule has 1 heterocycles. The first-order chi connectivity index (χ1) is 16.4. The summed E-state index contributed by atoms with van der Waals surface area (Å²) in [7, 11) is 0. The van der Waals surface area contributed by atoms with E-state index in [1.54, 1.807) is 30.3 Å². The summed E-state index contributed by atoms with van der Waals surface area (Å²) in [5.74, 6) is 0.158. The van der Waals surface area contributed by atoms with Crippen LogP contribution in [0.25, 0.3) is 0 Å². The molecule has 3 rings (SSSR count). The summed E-state index contributed by atoms with van der Waals surface area (Å²) in [5, 5.41) is 5.69. The van der Waals surface area contributed by atoms with Crippen molar-refractivity contribution in [1.82, 2.24) is 15.5 Å². The van der Waals surface area contributed by atoms with E-state index in [-0.39, 0.29) is 11.6 Å². The van der Waals surface area contributed by atoms with Gasteiger partial charge in [-0.2, -0.15) is 26.3 Å². The zero-order valence-corrected chi connectivity index (χ0v) is 19.3. The van der Waals surface area contributed by atoms with Crippen LogP contribution in [0.5, 0.6) is 0 Å². The number of benzene rings is 2. The Morgan fingerprint density at radius 2 is 1.54 bits per heavy atom. The fourth-order valence-electron chi connectivity index (χ4n) is 4.07. The summed E-state index contributed by atoms with van der Waals surface area (Å²) in [6, 6.07) is 9.30. The van der Waals surface area contributed by atoms with Crippen LogP contribution in [0.1, 0.15) is 48.1 Å². The molecule has 2 aromatic carbocycles. The van der Waals surface area contributed by atoms with E-state index in [0.717, 1.165) is 32.5 Å². The Hall–Kier alpha value is -2.59. The number of rotatable bonds is 8. The third-order valence-corrected chi connectivity index (χ3v) is 6.16. The maximum Gasteiger partial charge on any atom is 0.416 e. The van der Waals surface area contributed by atoms with E-state index < -0.39 is 42.0 Å². The van der Waals surface area contributed by atoms with Crippen LogP contribution in [0.2, 0.25) is 0 Å². The zero-order valence-electron chi connectivity index (χ0n) is 19.3. The van der Waals surface area contributed by atoms with Crippen molar-refractivity contribution in [2.45, 2.75) is 44.7 Å². The summed E-state index contributed by atoms with van der Waals surface area (Å²) in [6.45, 7) is 4.92. The highest BCUT2D eigenvalue weighted by atomic mass is 19.4. The van der Waals surface area contributed by atoms with E-state index in [2.05, 4.69) is 22.5 Å². The lowest BCUT2D eigenvalue weighted by Crippen LogP contribution is -2.42. The molecular weight excluding hydrogens is 472 g/mol. The number of nitrogens with one attached hydrogen (secondary N) is 2. The van der Waals surface area contributed by atoms with Crippen molar-refractivity contribution in [2.24, 2.45) is 5.92 Å². The van der Waals surface area contributed by atoms with E-state index in [1.165, 1.54) is 0 Å². The minimum Gasteiger partial charge on any atom is -0.350 e. The summed E-state index contributed by atoms with van der Waals surface area (Å²) in [4.78, 5) is 15.3. The molecule has 2 aromatic rings. The van der Waals surface area contributed by atoms with Crippen molar-refractivity contribution < 1.29 is 31.1 Å². The lowest BCUT2D eigenvalue weighted by atomic mass is 9.99. The van der Waals surface area contributed by atoms with E-state index in [9.17, 15) is 31.1 Å². The van der Waals surface area contributed by atoms with Crippen molar-refractivity contribution in [1.29, 1.82) is 0 Å². The predicted molar refractivity (Wildman–Crippen MR) is 120 cm³/mol. The molecule has 0 radical (unpaired) electrons. The Morgan fingerprint density at radius 1 is 0.971 bits per heavy atom. The second kappa shape index (κ2) is 11.4. The Kier molecular flexibility index (Phi) is 8.82. The van der Waals surface area contributed by atoms with E-state index in [1.807, 2.05) is 0 Å². The molecule has 1 fully saturated rings. The first-order valence-electron chi connectivity index (χ1n) is 11.5. The number of alkyl halides is 6. The minimum absolute atomic E-state index is 0.0704. The molecule has 0 bridgehead atoms. The lowest BCUT2D eigenvalue weighted by molar-refractivity contribution is -0.143. The van der Waals surface area contributed by atoms with Crippen LogP contribution in [-0.4, -0.2) is 37.0 Å². The molecule has 1 aliphatic heterocycles. The molecular formula is C25H29F6N3O. The van der Waals surface area contributed by atoms with Gasteiger partial charge in [0.25, 0.3) is 0 Å². The smallest absolute Gasteiger partial charge is 0.350 e. The molecule has 10 heteroatoms. The largest absolute Gasteiger partial charge is 0.416 e. The average Bonchev–Trinajstić information content (AvgIpc) is 2.81. The summed E-state index contributed by atoms with van der Waals surface area (Å²) >= 11 is 0. The van der Waals surface area contributed by atoms with Crippen LogP contribution in [0.15, 0.2) is 48.5 Å². The van der Waals surface area contributed by atoms with Crippen LogP contribution in [0.3, 0.4) is 0 Å². The van der Waals surface area contributed by atoms with Crippen molar-refractivity contribution >= 4 is 5.91 Å². The van der Waals surface area contributed by atoms with Crippen LogP contribution in [0, 0.1) is 5.92 Å². The molecule has 2 N–H and O–H groups in total. The number of hydrogen-bond acceptors (Lipinski definition) is 3. The molecule has 0 aliphatic carbocycles. The van der Waals surface area contributed by atoms with Crippen molar-refractivity contribution in [3.8, 4) is 0 Å². The molecule has 1 amide bonds. The lowest BCUT2D eigenvalue weighted by Gasteiger charge is -2.30. The van der Waals surface area contributed by atoms with Gasteiger partial charge in [-0.25, -0.2) is 0 Å². The molecule has 0 unspecified atom stereocenters. The third kappa shape index (κ3) is 7.96. The van der Waals surface area contributed by atoms with E-state index in [0.29, 0.717) is 30.2 Å². The summed E-state index contributed by atoms with van der Waals surface area (Å²) < 4.78 is 78.8. The van der Waals surface area contributed by atoms with E-state index >= 15 is 0 Å². The third-order valence-electron chi connectivity index (χ3n) is 6.16. The normalized spacial score (nSPS) is 16.8. The minimum atomic E-state index is -4.94. The van der Waals surface area contributed by atoms with Gasteiger partial charge in [-0.3, -0.25) is 4.79 Å². The zero-order chi connectivity index (χ0) is 25.6. The quantitative estimate of drug-likeness (QED) is 0.476. The first-order valence-corrected chi connectivity index (χ1v) is 11.5. The Morgan fingerprint density at radius 3 is 2.09 bits per heavy atom. The first kappa shape index (κ1) is 27.0. The molecule has 0 spiro atoms. The number of carbonyl (C=O) groups is 1. The van der Waals surface area contributed by atoms with Gasteiger partial charge in [0.05, 0.1) is 11.1 Å². The van der Waals surface area contributed by atoms with Gasteiger partial charge in [0.2, 0.25) is 5.91 Å². The molecule has 1 saturated heterocycles. The topological polar surface area (TPSA) is 44.4 Å². The molecule has 1 aliphatic rings. The highest BCUT2D eigenvalue weighted by Gasteiger charge is 2.37. The SMILES string of the molecule is CC1CCN(CCN[C@H](C(=O)NCc2cc(C(F)(F)F)cc(C(F)(F)F)c2)c2ccccc2)CC1. The maximum atomic E-state index is 13.1. The predicted octanol–water partition coefficient (Wildman–Crippen LogP) is 5.40. The van der Waals surface area contributed by atoms with Gasteiger partial charge in [-0.05, 0) is 61.2 Å². The Balaban J connectivity index is 1.69. The number of hydrogen-bond donors (Lipinski definition) is 2. The molecule has 4 nitrogen and oxygen atoms in total. The van der Waals surface area contributed by atoms with Gasteiger partial charge >= 0.3 is 12.4 Å². The molecule has 0 saturated carbocycles. The number of piperidine rings is 1. The van der Waals surface area contributed by atoms with E-state index in [4.69, 9.17) is 0 Å². The van der Waals surface area contributed by atoms with Gasteiger partial charge in [0.1, 0.15) is 6.04 Å². The number of halogens is 6. The summed E-state index contributed by atoms with van der Waals surface area (Å²) in [6.07, 6.45) is -7.67. The fraction of sp³-hybridized carbons (Fsp3) is 0.480. The monoisotopic (exact) mass is 501 g/mol. The standard InChI is InChI=1S/C25H29F6N3O/c1-17-7-10-34(11-8-17)12-9-32-22(19-5-3-2-4-6-19)23(35)33-16-18-13-20(24(26,27)28)15-21(14-18)25(29,30)31/h2-6,13-15,17,22,32H,7-12,16H2,1H3,(H,33,35)/t22-/m0/s1. The van der Waals surface area contributed by atoms with Gasteiger partial charge in [-0.1, -0.05) is 37.3 Å². The average molecular weight is 502 g/mol. The second-order valence-corrected chi connectivity index (χ2v) is 8.95. The molecule has 1 atom stereocenters. The second-order valence-electron chi connectivity index (χ2n) is 8.95. The van der Waals surface area contributed by atoms with Crippen molar-refractivity contribution in [2.75, 3.05) is 26.2 Å². The highest BCUT2D eigenvalue weighted by molar-refractivity contribution is 5.83. The van der Waals surface area contributed by atoms with Crippen LogP contribution < -0.4 is 10.6 Å². The summed E-state index contributed by atoms with van der Waals surface area (Å²) in [5.41, 5.74) is -2.46. The maximum absolute atomic E-state index is 13.1. The van der Waals surface area contributed by atoms with Gasteiger partial charge < -0.3 is 15.5 Å².